The number of pyridine rings is 1. The quantitative estimate of drug-likeness (QED) is 0.388. The summed E-state index contributed by atoms with van der Waals surface area (Å²) in [5.41, 5.74) is 2.16. The van der Waals surface area contributed by atoms with Gasteiger partial charge in [0.15, 0.2) is 0 Å². The molecule has 0 radical (unpaired) electrons. The first-order valence-corrected chi connectivity index (χ1v) is 9.21. The predicted molar refractivity (Wildman–Crippen MR) is 112 cm³/mol. The molecule has 8 nitrogen and oxygen atoms in total. The van der Waals surface area contributed by atoms with E-state index in [1.807, 2.05) is 51.1 Å². The zero-order valence-electron chi connectivity index (χ0n) is 16.5. The van der Waals surface area contributed by atoms with Gasteiger partial charge in [0.2, 0.25) is 0 Å². The zero-order chi connectivity index (χ0) is 20.9. The molecule has 0 saturated carbocycles. The molecule has 28 heavy (non-hydrogen) atoms. The molecule has 2 rings (SSSR count). The molecule has 0 bridgehead atoms. The van der Waals surface area contributed by atoms with Gasteiger partial charge in [-0.25, -0.2) is 9.78 Å². The van der Waals surface area contributed by atoms with Crippen LogP contribution in [0.3, 0.4) is 0 Å². The molecule has 152 valence electrons. The van der Waals surface area contributed by atoms with Crippen LogP contribution in [0.2, 0.25) is 0 Å². The first-order valence-electron chi connectivity index (χ1n) is 9.21. The van der Waals surface area contributed by atoms with Crippen LogP contribution in [0.4, 0.5) is 16.3 Å². The molecule has 1 aromatic carbocycles. The molecule has 0 spiro atoms. The van der Waals surface area contributed by atoms with Crippen molar-refractivity contribution in [1.82, 2.24) is 10.3 Å². The van der Waals surface area contributed by atoms with Crippen LogP contribution in [-0.2, 0) is 6.61 Å². The van der Waals surface area contributed by atoms with Gasteiger partial charge in [-0.2, -0.15) is 0 Å². The molecule has 6 N–H and O–H groups in total. The lowest BCUT2D eigenvalue weighted by atomic mass is 10.1. The summed E-state index contributed by atoms with van der Waals surface area (Å²) >= 11 is 0. The van der Waals surface area contributed by atoms with Crippen molar-refractivity contribution >= 4 is 23.8 Å². The summed E-state index contributed by atoms with van der Waals surface area (Å²) in [5.74, 6) is 0.222. The Kier molecular flexibility index (Phi) is 10.2. The van der Waals surface area contributed by atoms with Crippen molar-refractivity contribution in [2.75, 3.05) is 23.8 Å². The molecule has 2 aromatic rings. The van der Waals surface area contributed by atoms with Crippen molar-refractivity contribution in [1.29, 1.82) is 5.41 Å². The highest BCUT2D eigenvalue weighted by atomic mass is 16.3. The number of urea groups is 1. The lowest BCUT2D eigenvalue weighted by Crippen LogP contribution is -2.31. The maximum Gasteiger partial charge on any atom is 0.320 e. The summed E-state index contributed by atoms with van der Waals surface area (Å²) in [6.07, 6.45) is 1.09. The Morgan fingerprint density at radius 1 is 1.25 bits per heavy atom. The molecule has 1 aromatic heterocycles. The maximum atomic E-state index is 12.2. The molecule has 8 heteroatoms. The van der Waals surface area contributed by atoms with Crippen LogP contribution in [0.1, 0.15) is 43.6 Å². The summed E-state index contributed by atoms with van der Waals surface area (Å²) in [5, 5.41) is 34.3. The van der Waals surface area contributed by atoms with Crippen LogP contribution in [-0.4, -0.2) is 40.6 Å². The van der Waals surface area contributed by atoms with Crippen molar-refractivity contribution in [3.63, 3.8) is 0 Å². The highest BCUT2D eigenvalue weighted by Gasteiger charge is 2.14. The van der Waals surface area contributed by atoms with Gasteiger partial charge in [0.25, 0.3) is 0 Å². The highest BCUT2D eigenvalue weighted by molar-refractivity contribution is 5.92. The third-order valence-corrected chi connectivity index (χ3v) is 3.73. The minimum absolute atomic E-state index is 0.0951. The molecule has 1 heterocycles. The number of amides is 2. The van der Waals surface area contributed by atoms with Crippen molar-refractivity contribution in [3.8, 4) is 0 Å². The fourth-order valence-corrected chi connectivity index (χ4v) is 2.47. The lowest BCUT2D eigenvalue weighted by Gasteiger charge is -2.17. The van der Waals surface area contributed by atoms with E-state index in [-0.39, 0.29) is 37.3 Å². The monoisotopic (exact) mass is 387 g/mol. The third kappa shape index (κ3) is 6.64. The van der Waals surface area contributed by atoms with E-state index in [0.717, 1.165) is 11.8 Å². The van der Waals surface area contributed by atoms with E-state index in [9.17, 15) is 9.90 Å². The molecule has 0 aliphatic heterocycles. The topological polar surface area (TPSA) is 130 Å². The summed E-state index contributed by atoms with van der Waals surface area (Å²) in [6.45, 7) is 5.66. The fraction of sp³-hybridized carbons (Fsp3) is 0.350. The normalized spacial score (nSPS) is 10.9. The number of aliphatic hydroxyl groups is 2. The molecule has 1 unspecified atom stereocenters. The smallest absolute Gasteiger partial charge is 0.320 e. The van der Waals surface area contributed by atoms with E-state index in [0.29, 0.717) is 11.3 Å². The number of benzene rings is 1. The fourth-order valence-electron chi connectivity index (χ4n) is 2.47. The average Bonchev–Trinajstić information content (AvgIpc) is 2.74. The van der Waals surface area contributed by atoms with Gasteiger partial charge >= 0.3 is 6.03 Å². The second-order valence-electron chi connectivity index (χ2n) is 5.60. The van der Waals surface area contributed by atoms with E-state index < -0.39 is 6.03 Å². The molecular formula is C20H29N5O3. The van der Waals surface area contributed by atoms with Crippen LogP contribution < -0.4 is 16.0 Å². The van der Waals surface area contributed by atoms with Gasteiger partial charge in [-0.15, -0.1) is 0 Å². The van der Waals surface area contributed by atoms with E-state index in [1.54, 1.807) is 0 Å². The molecule has 2 amide bonds. The Bertz CT molecular complexity index is 753. The summed E-state index contributed by atoms with van der Waals surface area (Å²) < 4.78 is 0. The number of carbonyl (C=O) groups excluding carboxylic acids is 1. The number of hydrogen-bond acceptors (Lipinski definition) is 6. The predicted octanol–water partition coefficient (Wildman–Crippen LogP) is 2.88. The number of hydrogen-bond donors (Lipinski definition) is 6. The standard InChI is InChI=1S/C18H23N5O3.C2H6/c1-12(13-5-3-2-4-6-13)21-18(26)23-16-9-14(10-19)17(20-7-8-24)15(11-25)22-16;1-2/h2-6,9-10,12,19-20,24-25H,7-8,11H2,1H3,(H2,21,22,23,26);1-2H3. The Labute approximate surface area is 165 Å². The van der Waals surface area contributed by atoms with Crippen LogP contribution in [0.15, 0.2) is 36.4 Å². The van der Waals surface area contributed by atoms with Gasteiger partial charge < -0.3 is 26.3 Å². The van der Waals surface area contributed by atoms with Crippen molar-refractivity contribution in [2.24, 2.45) is 0 Å². The second kappa shape index (κ2) is 12.4. The molecule has 0 aliphatic rings. The number of nitrogens with one attached hydrogen (secondary N) is 4. The van der Waals surface area contributed by atoms with Crippen molar-refractivity contribution in [2.45, 2.75) is 33.4 Å². The van der Waals surface area contributed by atoms with Gasteiger partial charge in [-0.1, -0.05) is 44.2 Å². The minimum atomic E-state index is -0.440. The Morgan fingerprint density at radius 3 is 2.50 bits per heavy atom. The molecule has 0 saturated heterocycles. The van der Waals surface area contributed by atoms with Gasteiger partial charge in [-0.3, -0.25) is 5.32 Å². The minimum Gasteiger partial charge on any atom is -0.395 e. The van der Waals surface area contributed by atoms with Gasteiger partial charge in [0.1, 0.15) is 5.82 Å². The number of aromatic nitrogens is 1. The van der Waals surface area contributed by atoms with Crippen molar-refractivity contribution in [3.05, 3.63) is 53.2 Å². The number of aliphatic hydroxyl groups excluding tert-OH is 2. The Hall–Kier alpha value is -2.97. The average molecular weight is 387 g/mol. The number of rotatable bonds is 8. The number of anilines is 2. The zero-order valence-corrected chi connectivity index (χ0v) is 16.5. The highest BCUT2D eigenvalue weighted by Crippen LogP contribution is 2.22. The lowest BCUT2D eigenvalue weighted by molar-refractivity contribution is 0.249. The van der Waals surface area contributed by atoms with Gasteiger partial charge in [0.05, 0.1) is 30.6 Å². The van der Waals surface area contributed by atoms with E-state index in [4.69, 9.17) is 10.5 Å². The summed E-state index contributed by atoms with van der Waals surface area (Å²) in [7, 11) is 0. The molecule has 0 fully saturated rings. The Balaban J connectivity index is 0.00000190. The Morgan fingerprint density at radius 2 is 1.93 bits per heavy atom. The van der Waals surface area contributed by atoms with Crippen LogP contribution in [0, 0.1) is 5.41 Å². The van der Waals surface area contributed by atoms with Crippen molar-refractivity contribution < 1.29 is 15.0 Å². The second-order valence-corrected chi connectivity index (χ2v) is 5.60. The largest absolute Gasteiger partial charge is 0.395 e. The van der Waals surface area contributed by atoms with E-state index >= 15 is 0 Å². The summed E-state index contributed by atoms with van der Waals surface area (Å²) in [4.78, 5) is 16.4. The first kappa shape index (κ1) is 23.1. The van der Waals surface area contributed by atoms with Crippen LogP contribution in [0.5, 0.6) is 0 Å². The summed E-state index contributed by atoms with van der Waals surface area (Å²) in [6, 6.07) is 10.4. The van der Waals surface area contributed by atoms with E-state index in [2.05, 4.69) is 20.9 Å². The van der Waals surface area contributed by atoms with Crippen LogP contribution in [0.25, 0.3) is 0 Å². The van der Waals surface area contributed by atoms with Gasteiger partial charge in [-0.05, 0) is 18.6 Å². The molecule has 0 aliphatic carbocycles. The first-order chi connectivity index (χ1) is 13.6. The SMILES string of the molecule is CC.CC(NC(=O)Nc1cc(C=N)c(NCCO)c(CO)n1)c1ccccc1. The number of carbonyl (C=O) groups is 1. The van der Waals surface area contributed by atoms with E-state index in [1.165, 1.54) is 6.07 Å². The molecular weight excluding hydrogens is 358 g/mol. The van der Waals surface area contributed by atoms with Gasteiger partial charge in [0, 0.05) is 18.3 Å². The third-order valence-electron chi connectivity index (χ3n) is 3.73. The van der Waals surface area contributed by atoms with Crippen LogP contribution >= 0.6 is 0 Å². The maximum absolute atomic E-state index is 12.2. The molecule has 1 atom stereocenters. The number of nitrogens with zero attached hydrogens (tertiary/aromatic N) is 1.